The van der Waals surface area contributed by atoms with E-state index in [9.17, 15) is 18.5 Å². The lowest BCUT2D eigenvalue weighted by molar-refractivity contribution is -0.144. The number of halogens is 1. The van der Waals surface area contributed by atoms with Crippen LogP contribution in [0.25, 0.3) is 0 Å². The highest BCUT2D eigenvalue weighted by Crippen LogP contribution is 2.49. The van der Waals surface area contributed by atoms with Gasteiger partial charge in [0.2, 0.25) is 0 Å². The van der Waals surface area contributed by atoms with Crippen LogP contribution in [0.1, 0.15) is 62.8 Å². The van der Waals surface area contributed by atoms with E-state index in [1.165, 1.54) is 30.5 Å². The standard InChI is InChI=1S/C31H40FNO3S/c32-27-8-10-28(11-9-27)37(36)17-14-22-12-15-33(16-13-22)21-26-19-25(30(31(34)35)18-23-6-7-23)20-29(26)24-4-2-1-3-5-24/h1-5,8-11,22-23,25-26,29-30H,6-7,12-21H2,(H,34,35)/t25?,26-,29-,30?,37?/m1/s1. The number of carboxylic acid groups (broad SMARTS) is 1. The molecule has 4 nitrogen and oxygen atoms in total. The molecule has 3 fully saturated rings. The number of likely N-dealkylation sites (tertiary alicyclic amines) is 1. The number of rotatable bonds is 11. The summed E-state index contributed by atoms with van der Waals surface area (Å²) >= 11 is 0. The van der Waals surface area contributed by atoms with E-state index >= 15 is 0 Å². The van der Waals surface area contributed by atoms with Crippen molar-refractivity contribution < 1.29 is 18.5 Å². The molecule has 3 aliphatic rings. The van der Waals surface area contributed by atoms with Gasteiger partial charge >= 0.3 is 5.97 Å². The first-order chi connectivity index (χ1) is 18.0. The van der Waals surface area contributed by atoms with Crippen LogP contribution in [0.15, 0.2) is 59.5 Å². The Hall–Kier alpha value is -2.05. The van der Waals surface area contributed by atoms with E-state index in [0.29, 0.717) is 34.3 Å². The van der Waals surface area contributed by atoms with Crippen LogP contribution in [0, 0.1) is 35.4 Å². The van der Waals surface area contributed by atoms with Crippen molar-refractivity contribution in [2.24, 2.45) is 29.6 Å². The van der Waals surface area contributed by atoms with Crippen LogP contribution >= 0.6 is 0 Å². The van der Waals surface area contributed by atoms with Gasteiger partial charge in [-0.25, -0.2) is 4.39 Å². The molecule has 200 valence electrons. The zero-order chi connectivity index (χ0) is 25.8. The van der Waals surface area contributed by atoms with Gasteiger partial charge in [-0.1, -0.05) is 43.2 Å². The topological polar surface area (TPSA) is 57.6 Å². The van der Waals surface area contributed by atoms with Crippen LogP contribution in [-0.4, -0.2) is 45.6 Å². The van der Waals surface area contributed by atoms with Gasteiger partial charge in [0.25, 0.3) is 0 Å². The number of hydrogen-bond donors (Lipinski definition) is 1. The fraction of sp³-hybridized carbons (Fsp3) is 0.581. The van der Waals surface area contributed by atoms with Gasteiger partial charge in [-0.2, -0.15) is 0 Å². The number of hydrogen-bond acceptors (Lipinski definition) is 3. The summed E-state index contributed by atoms with van der Waals surface area (Å²) in [4.78, 5) is 15.5. The van der Waals surface area contributed by atoms with E-state index in [1.54, 1.807) is 12.1 Å². The summed E-state index contributed by atoms with van der Waals surface area (Å²) in [5, 5.41) is 10.0. The third-order valence-electron chi connectivity index (χ3n) is 9.12. The first-order valence-electron chi connectivity index (χ1n) is 14.1. The Labute approximate surface area is 223 Å². The number of carbonyl (C=O) groups is 1. The summed E-state index contributed by atoms with van der Waals surface area (Å²) in [6, 6.07) is 16.8. The highest BCUT2D eigenvalue weighted by Gasteiger charge is 2.43. The highest BCUT2D eigenvalue weighted by atomic mass is 32.2. The molecule has 3 unspecified atom stereocenters. The average molecular weight is 526 g/mol. The molecule has 2 aromatic rings. The number of piperidine rings is 1. The molecular weight excluding hydrogens is 485 g/mol. The average Bonchev–Trinajstić information content (AvgIpc) is 3.65. The molecule has 2 saturated carbocycles. The van der Waals surface area contributed by atoms with Gasteiger partial charge in [-0.3, -0.25) is 9.00 Å². The molecule has 1 N–H and O–H groups in total. The molecule has 5 rings (SSSR count). The molecule has 2 aliphatic carbocycles. The first-order valence-corrected chi connectivity index (χ1v) is 15.4. The van der Waals surface area contributed by atoms with Crippen molar-refractivity contribution in [1.29, 1.82) is 0 Å². The van der Waals surface area contributed by atoms with Crippen LogP contribution in [0.3, 0.4) is 0 Å². The molecule has 2 aromatic carbocycles. The van der Waals surface area contributed by atoms with Crippen molar-refractivity contribution in [3.05, 3.63) is 66.0 Å². The van der Waals surface area contributed by atoms with Gasteiger partial charge in [0.05, 0.1) is 16.7 Å². The molecule has 1 heterocycles. The van der Waals surface area contributed by atoms with E-state index in [1.807, 2.05) is 0 Å². The number of nitrogens with zero attached hydrogens (tertiary/aromatic N) is 1. The minimum Gasteiger partial charge on any atom is -0.481 e. The number of carboxylic acids is 1. The van der Waals surface area contributed by atoms with Crippen molar-refractivity contribution >= 4 is 16.8 Å². The SMILES string of the molecule is O=C(O)C(CC1CC1)C1C[C@H](CN2CCC(CCS(=O)c3ccc(F)cc3)CC2)[C@@H](c2ccccc2)C1. The molecule has 5 atom stereocenters. The minimum atomic E-state index is -1.07. The molecule has 37 heavy (non-hydrogen) atoms. The summed E-state index contributed by atoms with van der Waals surface area (Å²) in [7, 11) is -1.07. The van der Waals surface area contributed by atoms with Crippen LogP contribution in [0.5, 0.6) is 0 Å². The van der Waals surface area contributed by atoms with E-state index in [0.717, 1.165) is 58.2 Å². The molecule has 0 aromatic heterocycles. The highest BCUT2D eigenvalue weighted by molar-refractivity contribution is 7.85. The van der Waals surface area contributed by atoms with Crippen molar-refractivity contribution in [3.8, 4) is 0 Å². The number of aliphatic carboxylic acids is 1. The van der Waals surface area contributed by atoms with Crippen LogP contribution < -0.4 is 0 Å². The van der Waals surface area contributed by atoms with Crippen molar-refractivity contribution in [2.45, 2.75) is 62.2 Å². The predicted molar refractivity (Wildman–Crippen MR) is 145 cm³/mol. The molecule has 0 amide bonds. The Bertz CT molecular complexity index is 1050. The monoisotopic (exact) mass is 525 g/mol. The Balaban J connectivity index is 1.15. The van der Waals surface area contributed by atoms with Gasteiger partial charge in [-0.05, 0) is 111 Å². The second-order valence-electron chi connectivity index (χ2n) is 11.7. The normalized spacial score (nSPS) is 26.7. The van der Waals surface area contributed by atoms with Gasteiger partial charge in [0, 0.05) is 17.2 Å². The molecule has 6 heteroatoms. The summed E-state index contributed by atoms with van der Waals surface area (Å²) in [6.07, 6.45) is 8.45. The second kappa shape index (κ2) is 12.2. The van der Waals surface area contributed by atoms with Gasteiger partial charge in [0.15, 0.2) is 0 Å². The lowest BCUT2D eigenvalue weighted by Crippen LogP contribution is -2.38. The summed E-state index contributed by atoms with van der Waals surface area (Å²) < 4.78 is 25.8. The molecule has 0 spiro atoms. The third-order valence-corrected chi connectivity index (χ3v) is 10.5. The van der Waals surface area contributed by atoms with Crippen molar-refractivity contribution in [2.75, 3.05) is 25.4 Å². The zero-order valence-corrected chi connectivity index (χ0v) is 22.5. The second-order valence-corrected chi connectivity index (χ2v) is 13.2. The quantitative estimate of drug-likeness (QED) is 0.372. The largest absolute Gasteiger partial charge is 0.481 e. The molecule has 0 radical (unpaired) electrons. The first kappa shape index (κ1) is 26.6. The maximum atomic E-state index is 13.1. The van der Waals surface area contributed by atoms with Gasteiger partial charge in [-0.15, -0.1) is 0 Å². The maximum absolute atomic E-state index is 13.1. The lowest BCUT2D eigenvalue weighted by atomic mass is 9.85. The van der Waals surface area contributed by atoms with Crippen LogP contribution in [0.4, 0.5) is 4.39 Å². The lowest BCUT2D eigenvalue weighted by Gasteiger charge is -2.35. The third kappa shape index (κ3) is 7.08. The minimum absolute atomic E-state index is 0.198. The number of benzene rings is 2. The predicted octanol–water partition coefficient (Wildman–Crippen LogP) is 6.35. The maximum Gasteiger partial charge on any atom is 0.306 e. The Morgan fingerprint density at radius 3 is 2.32 bits per heavy atom. The zero-order valence-electron chi connectivity index (χ0n) is 21.6. The smallest absolute Gasteiger partial charge is 0.306 e. The summed E-state index contributed by atoms with van der Waals surface area (Å²) in [6.45, 7) is 3.15. The van der Waals surface area contributed by atoms with Gasteiger partial charge < -0.3 is 10.0 Å². The Kier molecular flexibility index (Phi) is 8.76. The molecule has 1 aliphatic heterocycles. The van der Waals surface area contributed by atoms with Crippen molar-refractivity contribution in [3.63, 3.8) is 0 Å². The fourth-order valence-electron chi connectivity index (χ4n) is 6.78. The van der Waals surface area contributed by atoms with Gasteiger partial charge in [0.1, 0.15) is 5.82 Å². The van der Waals surface area contributed by atoms with E-state index < -0.39 is 16.8 Å². The van der Waals surface area contributed by atoms with E-state index in [-0.39, 0.29) is 17.7 Å². The molecule has 0 bridgehead atoms. The fourth-order valence-corrected chi connectivity index (χ4v) is 8.00. The van der Waals surface area contributed by atoms with Crippen LogP contribution in [0.2, 0.25) is 0 Å². The van der Waals surface area contributed by atoms with Crippen LogP contribution in [-0.2, 0) is 15.6 Å². The van der Waals surface area contributed by atoms with E-state index in [4.69, 9.17) is 0 Å². The Morgan fingerprint density at radius 1 is 0.973 bits per heavy atom. The Morgan fingerprint density at radius 2 is 1.68 bits per heavy atom. The van der Waals surface area contributed by atoms with E-state index in [2.05, 4.69) is 35.2 Å². The molecular formula is C31H40FNO3S. The van der Waals surface area contributed by atoms with Crippen molar-refractivity contribution in [1.82, 2.24) is 4.90 Å². The molecule has 1 saturated heterocycles. The summed E-state index contributed by atoms with van der Waals surface area (Å²) in [5.41, 5.74) is 1.36. The summed E-state index contributed by atoms with van der Waals surface area (Å²) in [5.74, 6) is 1.96.